The molecule has 92 valence electrons. The fourth-order valence-corrected chi connectivity index (χ4v) is 4.74. The molecule has 0 atom stereocenters. The molecule has 1 fully saturated rings. The average Bonchev–Trinajstić information content (AvgIpc) is 2.83. The molecule has 1 aliphatic carbocycles. The van der Waals surface area contributed by atoms with Gasteiger partial charge in [-0.15, -0.1) is 15.7 Å². The van der Waals surface area contributed by atoms with Crippen molar-refractivity contribution in [1.29, 1.82) is 0 Å². The number of hydrogen-bond donors (Lipinski definition) is 1. The standard InChI is InChI=1S/C9H10ClN3O2S2/c1-9(2-3-9)8-12-17(14,15)7-5(13(8)11)4-6(10)16-7/h4H,2-3,11H2,1H3. The topological polar surface area (TPSA) is 75.8 Å². The van der Waals surface area contributed by atoms with Gasteiger partial charge in [-0.3, -0.25) is 5.01 Å². The average molecular weight is 292 g/mol. The lowest BCUT2D eigenvalue weighted by Crippen LogP contribution is -2.44. The highest BCUT2D eigenvalue weighted by molar-refractivity contribution is 7.92. The quantitative estimate of drug-likeness (QED) is 0.803. The molecule has 0 aromatic carbocycles. The number of amidine groups is 1. The zero-order valence-corrected chi connectivity index (χ0v) is 11.4. The molecule has 2 aliphatic rings. The first-order valence-electron chi connectivity index (χ1n) is 5.03. The number of rotatable bonds is 1. The third-order valence-electron chi connectivity index (χ3n) is 3.12. The SMILES string of the molecule is CC1(C2=NS(=O)(=O)c3sc(Cl)cc3N2N)CC1. The second-order valence-electron chi connectivity index (χ2n) is 4.54. The van der Waals surface area contributed by atoms with Crippen molar-refractivity contribution in [3.8, 4) is 0 Å². The zero-order valence-electron chi connectivity index (χ0n) is 8.97. The van der Waals surface area contributed by atoms with Crippen LogP contribution in [0.1, 0.15) is 19.8 Å². The molecule has 1 saturated carbocycles. The molecule has 0 spiro atoms. The number of sulfonamides is 1. The van der Waals surface area contributed by atoms with Crippen LogP contribution < -0.4 is 10.9 Å². The zero-order chi connectivity index (χ0) is 12.4. The van der Waals surface area contributed by atoms with E-state index >= 15 is 0 Å². The molecule has 0 amide bonds. The van der Waals surface area contributed by atoms with E-state index in [4.69, 9.17) is 17.4 Å². The highest BCUT2D eigenvalue weighted by Gasteiger charge is 2.48. The fraction of sp³-hybridized carbons (Fsp3) is 0.444. The predicted octanol–water partition coefficient (Wildman–Crippen LogP) is 1.98. The minimum absolute atomic E-state index is 0.123. The lowest BCUT2D eigenvalue weighted by Gasteiger charge is -2.27. The normalized spacial score (nSPS) is 24.2. The smallest absolute Gasteiger partial charge is 0.262 e. The van der Waals surface area contributed by atoms with Gasteiger partial charge in [0.2, 0.25) is 0 Å². The number of hydrogen-bond acceptors (Lipinski definition) is 5. The van der Waals surface area contributed by atoms with Gasteiger partial charge in [-0.05, 0) is 18.9 Å². The molecule has 8 heteroatoms. The summed E-state index contributed by atoms with van der Waals surface area (Å²) in [5, 5.41) is 1.35. The molecule has 0 unspecified atom stereocenters. The maximum absolute atomic E-state index is 12.0. The summed E-state index contributed by atoms with van der Waals surface area (Å²) in [5.41, 5.74) is 0.214. The molecule has 5 nitrogen and oxygen atoms in total. The van der Waals surface area contributed by atoms with Crippen molar-refractivity contribution in [3.63, 3.8) is 0 Å². The molecule has 1 aromatic rings. The number of nitrogens with zero attached hydrogens (tertiary/aromatic N) is 2. The molecular formula is C9H10ClN3O2S2. The highest BCUT2D eigenvalue weighted by Crippen LogP contribution is 2.50. The van der Waals surface area contributed by atoms with Gasteiger partial charge in [0.25, 0.3) is 10.0 Å². The molecule has 0 radical (unpaired) electrons. The second-order valence-corrected chi connectivity index (χ2v) is 8.03. The summed E-state index contributed by atoms with van der Waals surface area (Å²) in [6.07, 6.45) is 1.81. The Labute approximate surface area is 108 Å². The van der Waals surface area contributed by atoms with Gasteiger partial charge in [0, 0.05) is 5.41 Å². The Bertz CT molecular complexity index is 631. The Balaban J connectivity index is 2.22. The van der Waals surface area contributed by atoms with Gasteiger partial charge in [-0.2, -0.15) is 8.42 Å². The number of nitrogens with two attached hydrogens (primary N) is 1. The van der Waals surface area contributed by atoms with Gasteiger partial charge in [-0.1, -0.05) is 18.5 Å². The van der Waals surface area contributed by atoms with E-state index in [-0.39, 0.29) is 9.62 Å². The van der Waals surface area contributed by atoms with Gasteiger partial charge in [0.15, 0.2) is 4.21 Å². The van der Waals surface area contributed by atoms with Crippen LogP contribution in [-0.4, -0.2) is 14.3 Å². The van der Waals surface area contributed by atoms with Gasteiger partial charge in [0.05, 0.1) is 10.0 Å². The summed E-state index contributed by atoms with van der Waals surface area (Å²) in [6, 6.07) is 1.57. The molecule has 1 aromatic heterocycles. The van der Waals surface area contributed by atoms with Gasteiger partial charge in [0.1, 0.15) is 5.84 Å². The molecular weight excluding hydrogens is 282 g/mol. The van der Waals surface area contributed by atoms with Crippen molar-refractivity contribution in [2.24, 2.45) is 15.7 Å². The summed E-state index contributed by atoms with van der Waals surface area (Å²) in [4.78, 5) is 0. The van der Waals surface area contributed by atoms with Crippen molar-refractivity contribution < 1.29 is 8.42 Å². The van der Waals surface area contributed by atoms with Gasteiger partial charge >= 0.3 is 0 Å². The number of fused-ring (bicyclic) bond motifs is 1. The van der Waals surface area contributed by atoms with Crippen LogP contribution >= 0.6 is 22.9 Å². The lowest BCUT2D eigenvalue weighted by atomic mass is 10.1. The maximum atomic E-state index is 12.0. The Morgan fingerprint density at radius 1 is 1.59 bits per heavy atom. The van der Waals surface area contributed by atoms with Gasteiger partial charge < -0.3 is 0 Å². The van der Waals surface area contributed by atoms with Crippen LogP contribution in [0, 0.1) is 5.41 Å². The van der Waals surface area contributed by atoms with E-state index in [9.17, 15) is 8.42 Å². The molecule has 0 bridgehead atoms. The molecule has 17 heavy (non-hydrogen) atoms. The molecule has 2 N–H and O–H groups in total. The number of anilines is 1. The second kappa shape index (κ2) is 3.23. The first-order valence-corrected chi connectivity index (χ1v) is 7.67. The van der Waals surface area contributed by atoms with Crippen LogP contribution in [0.5, 0.6) is 0 Å². The summed E-state index contributed by atoms with van der Waals surface area (Å²) < 4.78 is 28.3. The number of halogens is 1. The molecule has 2 heterocycles. The number of hydrazine groups is 1. The molecule has 1 aliphatic heterocycles. The molecule has 3 rings (SSSR count). The van der Waals surface area contributed by atoms with E-state index in [1.54, 1.807) is 6.07 Å². The van der Waals surface area contributed by atoms with Crippen molar-refractivity contribution in [2.75, 3.05) is 5.01 Å². The van der Waals surface area contributed by atoms with Crippen molar-refractivity contribution >= 4 is 44.5 Å². The van der Waals surface area contributed by atoms with E-state index in [2.05, 4.69) is 4.40 Å². The minimum Gasteiger partial charge on any atom is -0.262 e. The van der Waals surface area contributed by atoms with Crippen LogP contribution in [-0.2, 0) is 10.0 Å². The third-order valence-corrected chi connectivity index (χ3v) is 6.14. The van der Waals surface area contributed by atoms with E-state index < -0.39 is 10.0 Å². The van der Waals surface area contributed by atoms with Crippen LogP contribution in [0.3, 0.4) is 0 Å². The predicted molar refractivity (Wildman–Crippen MR) is 68.0 cm³/mol. The monoisotopic (exact) mass is 291 g/mol. The van der Waals surface area contributed by atoms with E-state index in [0.29, 0.717) is 15.9 Å². The Morgan fingerprint density at radius 2 is 2.24 bits per heavy atom. The van der Waals surface area contributed by atoms with Crippen LogP contribution in [0.25, 0.3) is 0 Å². The first-order chi connectivity index (χ1) is 7.83. The van der Waals surface area contributed by atoms with Crippen LogP contribution in [0.4, 0.5) is 5.69 Å². The minimum atomic E-state index is -3.65. The molecule has 0 saturated heterocycles. The summed E-state index contributed by atoms with van der Waals surface area (Å²) in [5.74, 6) is 6.35. The number of thiophene rings is 1. The van der Waals surface area contributed by atoms with Crippen molar-refractivity contribution in [2.45, 2.75) is 24.0 Å². The summed E-state index contributed by atoms with van der Waals surface area (Å²) >= 11 is 6.82. The van der Waals surface area contributed by atoms with Crippen LogP contribution in [0.15, 0.2) is 14.7 Å². The van der Waals surface area contributed by atoms with E-state index in [0.717, 1.165) is 24.2 Å². The summed E-state index contributed by atoms with van der Waals surface area (Å²) in [6.45, 7) is 1.96. The third kappa shape index (κ3) is 1.61. The Morgan fingerprint density at radius 3 is 2.82 bits per heavy atom. The van der Waals surface area contributed by atoms with E-state index in [1.807, 2.05) is 6.92 Å². The largest absolute Gasteiger partial charge is 0.295 e. The van der Waals surface area contributed by atoms with Gasteiger partial charge in [-0.25, -0.2) is 5.84 Å². The van der Waals surface area contributed by atoms with Crippen LogP contribution in [0.2, 0.25) is 4.34 Å². The lowest BCUT2D eigenvalue weighted by molar-refractivity contribution is 0.597. The first kappa shape index (κ1) is 11.5. The van der Waals surface area contributed by atoms with Crippen molar-refractivity contribution in [1.82, 2.24) is 0 Å². The summed E-state index contributed by atoms with van der Waals surface area (Å²) in [7, 11) is -3.65. The maximum Gasteiger partial charge on any atom is 0.295 e. The Hall–Kier alpha value is -0.630. The highest BCUT2D eigenvalue weighted by atomic mass is 35.5. The van der Waals surface area contributed by atoms with Crippen molar-refractivity contribution in [3.05, 3.63) is 10.4 Å². The van der Waals surface area contributed by atoms with E-state index in [1.165, 1.54) is 5.01 Å². The Kier molecular flexibility index (Phi) is 2.17. The fourth-order valence-electron chi connectivity index (χ4n) is 1.81.